The molecule has 1 aromatic heterocycles. The maximum atomic E-state index is 14.0. The Morgan fingerprint density at radius 3 is 2.62 bits per heavy atom. The highest BCUT2D eigenvalue weighted by molar-refractivity contribution is 6.10. The van der Waals surface area contributed by atoms with Crippen LogP contribution in [-0.4, -0.2) is 79.6 Å². The third kappa shape index (κ3) is 4.55. The number of carbonyl (C=O) groups is 2. The third-order valence-electron chi connectivity index (χ3n) is 8.70. The van der Waals surface area contributed by atoms with Gasteiger partial charge >= 0.3 is 6.18 Å². The summed E-state index contributed by atoms with van der Waals surface area (Å²) in [6, 6.07) is 7.76. The van der Waals surface area contributed by atoms with E-state index in [0.717, 1.165) is 61.7 Å². The standard InChI is InChI=1S/C28H33F3N6O2.H2/c1-16-5-4-6-22-25(16)36(8-7-35-15-20-12-21(35)13-32-20)14-18-10-24(38)37(26(18)27(39)34(22)3)23-11-19(28(29,30)31)9-17(2)33-23;/h4-6,9,11,18,20-21,26,32H,7-8,10,12-15H2,1-3H3;1H/t18-,20-,21?,26+;/m1./s1. The number of pyridine rings is 1. The highest BCUT2D eigenvalue weighted by Crippen LogP contribution is 2.41. The molecule has 3 fully saturated rings. The van der Waals surface area contributed by atoms with Crippen LogP contribution in [0.5, 0.6) is 0 Å². The van der Waals surface area contributed by atoms with Gasteiger partial charge in [0.2, 0.25) is 11.8 Å². The number of para-hydroxylation sites is 1. The normalized spacial score (nSPS) is 27.2. The van der Waals surface area contributed by atoms with Crippen molar-refractivity contribution in [2.75, 3.05) is 54.5 Å². The third-order valence-corrected chi connectivity index (χ3v) is 8.70. The van der Waals surface area contributed by atoms with Crippen LogP contribution in [0.3, 0.4) is 0 Å². The van der Waals surface area contributed by atoms with E-state index >= 15 is 0 Å². The Morgan fingerprint density at radius 2 is 1.92 bits per heavy atom. The number of fused-ring (bicyclic) bond motifs is 4. The molecule has 1 N–H and O–H groups in total. The molecule has 2 amide bonds. The van der Waals surface area contributed by atoms with Crippen LogP contribution < -0.4 is 20.0 Å². The predicted molar refractivity (Wildman–Crippen MR) is 144 cm³/mol. The maximum absolute atomic E-state index is 14.0. The van der Waals surface area contributed by atoms with E-state index in [1.165, 1.54) is 11.8 Å². The van der Waals surface area contributed by atoms with Crippen molar-refractivity contribution in [1.82, 2.24) is 15.2 Å². The predicted octanol–water partition coefficient (Wildman–Crippen LogP) is 3.21. The first-order valence-corrected chi connectivity index (χ1v) is 13.5. The lowest BCUT2D eigenvalue weighted by Crippen LogP contribution is -2.53. The number of anilines is 3. The molecular weight excluding hydrogens is 509 g/mol. The minimum absolute atomic E-state index is 0. The van der Waals surface area contributed by atoms with Crippen molar-refractivity contribution in [1.29, 1.82) is 0 Å². The van der Waals surface area contributed by atoms with Crippen molar-refractivity contribution in [3.8, 4) is 0 Å². The molecule has 2 bridgehead atoms. The minimum Gasteiger partial charge on any atom is -0.368 e. The summed E-state index contributed by atoms with van der Waals surface area (Å²) in [6.45, 7) is 7.52. The average Bonchev–Trinajstić information content (AvgIpc) is 3.58. The zero-order valence-electron chi connectivity index (χ0n) is 22.3. The zero-order valence-corrected chi connectivity index (χ0v) is 22.3. The zero-order chi connectivity index (χ0) is 27.6. The number of alkyl halides is 3. The molecule has 0 aliphatic carbocycles. The molecule has 8 nitrogen and oxygen atoms in total. The Bertz CT molecular complexity index is 1320. The van der Waals surface area contributed by atoms with Crippen molar-refractivity contribution < 1.29 is 24.2 Å². The fourth-order valence-corrected chi connectivity index (χ4v) is 6.88. The smallest absolute Gasteiger partial charge is 0.368 e. The van der Waals surface area contributed by atoms with Crippen molar-refractivity contribution in [2.24, 2.45) is 5.92 Å². The number of piperazine rings is 1. The van der Waals surface area contributed by atoms with Crippen LogP contribution in [0.1, 0.15) is 31.1 Å². The lowest BCUT2D eigenvalue weighted by molar-refractivity contribution is -0.137. The molecule has 0 saturated carbocycles. The summed E-state index contributed by atoms with van der Waals surface area (Å²) in [5.74, 6) is -1.23. The van der Waals surface area contributed by atoms with E-state index in [9.17, 15) is 22.8 Å². The van der Waals surface area contributed by atoms with E-state index in [-0.39, 0.29) is 31.2 Å². The second-order valence-electron chi connectivity index (χ2n) is 11.3. The molecule has 5 heterocycles. The van der Waals surface area contributed by atoms with Crippen LogP contribution in [0.25, 0.3) is 0 Å². The summed E-state index contributed by atoms with van der Waals surface area (Å²) in [6.07, 6.45) is -3.37. The molecule has 0 spiro atoms. The lowest BCUT2D eigenvalue weighted by Gasteiger charge is -2.40. The Labute approximate surface area is 227 Å². The molecule has 3 saturated heterocycles. The van der Waals surface area contributed by atoms with E-state index in [1.54, 1.807) is 11.9 Å². The Kier molecular flexibility index (Phi) is 6.33. The van der Waals surface area contributed by atoms with Crippen molar-refractivity contribution in [3.05, 3.63) is 47.2 Å². The second-order valence-corrected chi connectivity index (χ2v) is 11.3. The molecule has 6 rings (SSSR count). The first-order valence-electron chi connectivity index (χ1n) is 13.5. The summed E-state index contributed by atoms with van der Waals surface area (Å²) >= 11 is 0. The van der Waals surface area contributed by atoms with Gasteiger partial charge in [0, 0.05) is 71.3 Å². The van der Waals surface area contributed by atoms with Gasteiger partial charge in [0.05, 0.1) is 16.9 Å². The first-order chi connectivity index (χ1) is 18.5. The van der Waals surface area contributed by atoms with Crippen LogP contribution in [0.15, 0.2) is 30.3 Å². The van der Waals surface area contributed by atoms with E-state index in [4.69, 9.17) is 0 Å². The van der Waals surface area contributed by atoms with E-state index < -0.39 is 23.7 Å². The molecule has 0 radical (unpaired) electrons. The minimum atomic E-state index is -4.59. The summed E-state index contributed by atoms with van der Waals surface area (Å²) in [5.41, 5.74) is 1.99. The van der Waals surface area contributed by atoms with Gasteiger partial charge in [0.1, 0.15) is 11.9 Å². The molecular formula is C28H35F3N6O2. The molecule has 4 aliphatic heterocycles. The van der Waals surface area contributed by atoms with Gasteiger partial charge in [-0.1, -0.05) is 12.1 Å². The summed E-state index contributed by atoms with van der Waals surface area (Å²) < 4.78 is 40.9. The molecule has 39 heavy (non-hydrogen) atoms. The second kappa shape index (κ2) is 9.48. The van der Waals surface area contributed by atoms with Gasteiger partial charge in [-0.25, -0.2) is 4.98 Å². The SMILES string of the molecule is Cc1cc(C(F)(F)F)cc(N2C(=O)C[C@@H]3CN(CCN4C[C@H]5CC4CN5)c4c(C)cccc4N(C)C(=O)[C@H]32)n1.[HH]. The molecule has 4 aliphatic rings. The number of likely N-dealkylation sites (N-methyl/N-ethyl adjacent to an activating group) is 1. The van der Waals surface area contributed by atoms with Crippen LogP contribution >= 0.6 is 0 Å². The van der Waals surface area contributed by atoms with Gasteiger partial charge in [-0.15, -0.1) is 0 Å². The van der Waals surface area contributed by atoms with Crippen LogP contribution in [-0.2, 0) is 15.8 Å². The summed E-state index contributed by atoms with van der Waals surface area (Å²) in [5, 5.41) is 3.53. The number of amides is 2. The number of nitrogens with zero attached hydrogens (tertiary/aromatic N) is 5. The van der Waals surface area contributed by atoms with Gasteiger partial charge in [-0.3, -0.25) is 19.4 Å². The van der Waals surface area contributed by atoms with Gasteiger partial charge < -0.3 is 15.1 Å². The molecule has 1 unspecified atom stereocenters. The number of rotatable bonds is 4. The van der Waals surface area contributed by atoms with Crippen molar-refractivity contribution in [3.63, 3.8) is 0 Å². The van der Waals surface area contributed by atoms with Gasteiger partial charge in [-0.2, -0.15) is 13.2 Å². The van der Waals surface area contributed by atoms with Gasteiger partial charge in [0.25, 0.3) is 0 Å². The number of aryl methyl sites for hydroxylation is 2. The summed E-state index contributed by atoms with van der Waals surface area (Å²) in [4.78, 5) is 39.2. The Balaban J connectivity index is 0.00000323. The molecule has 11 heteroatoms. The highest BCUT2D eigenvalue weighted by Gasteiger charge is 2.49. The van der Waals surface area contributed by atoms with Crippen LogP contribution in [0.4, 0.5) is 30.4 Å². The first kappa shape index (κ1) is 26.1. The molecule has 1 aromatic carbocycles. The van der Waals surface area contributed by atoms with E-state index in [0.29, 0.717) is 18.6 Å². The van der Waals surface area contributed by atoms with Crippen molar-refractivity contribution >= 4 is 29.0 Å². The van der Waals surface area contributed by atoms with E-state index in [1.807, 2.05) is 25.1 Å². The number of nitrogens with one attached hydrogen (secondary N) is 1. The lowest BCUT2D eigenvalue weighted by atomic mass is 9.95. The molecule has 4 atom stereocenters. The topological polar surface area (TPSA) is 72.0 Å². The average molecular weight is 545 g/mol. The number of aromatic nitrogens is 1. The van der Waals surface area contributed by atoms with Crippen LogP contribution in [0, 0.1) is 19.8 Å². The quantitative estimate of drug-likeness (QED) is 0.638. The molecule has 2 aromatic rings. The van der Waals surface area contributed by atoms with Crippen LogP contribution in [0.2, 0.25) is 0 Å². The van der Waals surface area contributed by atoms with E-state index in [2.05, 4.69) is 20.1 Å². The number of likely N-dealkylation sites (tertiary alicyclic amines) is 1. The maximum Gasteiger partial charge on any atom is 0.416 e. The highest BCUT2D eigenvalue weighted by atomic mass is 19.4. The van der Waals surface area contributed by atoms with Gasteiger partial charge in [-0.05, 0) is 44.0 Å². The number of halogens is 3. The summed E-state index contributed by atoms with van der Waals surface area (Å²) in [7, 11) is 1.68. The Hall–Kier alpha value is -3.18. The monoisotopic (exact) mass is 544 g/mol. The van der Waals surface area contributed by atoms with Crippen molar-refractivity contribution in [2.45, 2.75) is 51.0 Å². The molecule has 210 valence electrons. The number of carbonyl (C=O) groups excluding carboxylic acids is 2. The Morgan fingerprint density at radius 1 is 1.13 bits per heavy atom. The van der Waals surface area contributed by atoms with Gasteiger partial charge in [0.15, 0.2) is 0 Å². The largest absolute Gasteiger partial charge is 0.416 e. The fourth-order valence-electron chi connectivity index (χ4n) is 6.88. The number of hydrogen-bond acceptors (Lipinski definition) is 6. The fraction of sp³-hybridized carbons (Fsp3) is 0.536. The number of hydrogen-bond donors (Lipinski definition) is 1. The number of benzene rings is 1.